The maximum Gasteiger partial charge on any atom is 0.410 e. The number of amides is 2. The number of hydrogen-bond donors (Lipinski definition) is 1. The van der Waals surface area contributed by atoms with Gasteiger partial charge in [-0.1, -0.05) is 67.9 Å². The second-order valence-corrected chi connectivity index (χ2v) is 14.1. The van der Waals surface area contributed by atoms with Gasteiger partial charge in [-0.15, -0.1) is 5.10 Å². The lowest BCUT2D eigenvalue weighted by molar-refractivity contribution is -0.135. The summed E-state index contributed by atoms with van der Waals surface area (Å²) < 4.78 is 48.2. The van der Waals surface area contributed by atoms with Crippen LogP contribution in [-0.4, -0.2) is 77.9 Å². The molecule has 4 aromatic rings. The topological polar surface area (TPSA) is 137 Å². The molecule has 2 aliphatic rings. The molecule has 6 rings (SSSR count). The van der Waals surface area contributed by atoms with E-state index in [0.29, 0.717) is 37.6 Å². The fourth-order valence-corrected chi connectivity index (χ4v) is 6.50. The molecule has 258 valence electrons. The average Bonchev–Trinajstić information content (AvgIpc) is 3.78. The zero-order valence-corrected chi connectivity index (χ0v) is 28.0. The highest BCUT2D eigenvalue weighted by Crippen LogP contribution is 2.45. The average molecular weight is 698 g/mol. The highest BCUT2D eigenvalue weighted by atomic mass is 35.5. The van der Waals surface area contributed by atoms with Crippen LogP contribution in [0.1, 0.15) is 57.8 Å². The number of benzene rings is 2. The molecule has 0 radical (unpaired) electrons. The third kappa shape index (κ3) is 6.71. The van der Waals surface area contributed by atoms with Crippen molar-refractivity contribution in [1.29, 1.82) is 0 Å². The molecule has 0 spiro atoms. The van der Waals surface area contributed by atoms with Crippen LogP contribution >= 0.6 is 11.6 Å². The van der Waals surface area contributed by atoms with Crippen LogP contribution < -0.4 is 5.73 Å². The Morgan fingerprint density at radius 1 is 1.12 bits per heavy atom. The first-order valence-electron chi connectivity index (χ1n) is 15.5. The fourth-order valence-electron chi connectivity index (χ4n) is 6.30. The summed E-state index contributed by atoms with van der Waals surface area (Å²) >= 11 is 6.52. The highest BCUT2D eigenvalue weighted by Gasteiger charge is 2.53. The third-order valence-electron chi connectivity index (χ3n) is 8.41. The first-order chi connectivity index (χ1) is 23.1. The van der Waals surface area contributed by atoms with Gasteiger partial charge in [0.25, 0.3) is 5.91 Å². The molecule has 0 aliphatic carbocycles. The standard InChI is InChI=1S/C33H35ClF3N9O3/c1-31(2,3)17-33(23-8-5-20(6-9-23)22-14-40-45(15-22)28(35)36)27(47)46(29(38)41-33)26(16-49-30(48)43-18-32(4,37)19-43)21-7-10-24(34)25(13-21)44-12-11-39-42-44/h5-15,26,28H,16-19H2,1-4H3,(H2,38,41)/t26-,33-/m1/s1. The number of aromatic nitrogens is 5. The van der Waals surface area contributed by atoms with Crippen molar-refractivity contribution in [2.75, 3.05) is 19.7 Å². The number of guanidine groups is 1. The first-order valence-corrected chi connectivity index (χ1v) is 15.8. The van der Waals surface area contributed by atoms with E-state index in [1.54, 1.807) is 48.7 Å². The molecule has 12 nitrogen and oxygen atoms in total. The van der Waals surface area contributed by atoms with E-state index in [1.807, 2.05) is 20.8 Å². The van der Waals surface area contributed by atoms with E-state index in [4.69, 9.17) is 27.1 Å². The molecule has 2 atom stereocenters. The Hall–Kier alpha value is -4.92. The summed E-state index contributed by atoms with van der Waals surface area (Å²) in [4.78, 5) is 35.2. The number of halogens is 4. The van der Waals surface area contributed by atoms with E-state index >= 15 is 0 Å². The van der Waals surface area contributed by atoms with Crippen LogP contribution in [0.25, 0.3) is 16.8 Å². The molecule has 4 heterocycles. The molecular formula is C33H35ClF3N9O3. The first kappa shape index (κ1) is 34.0. The molecule has 2 aliphatic heterocycles. The van der Waals surface area contributed by atoms with Gasteiger partial charge in [-0.25, -0.2) is 23.5 Å². The molecule has 2 amide bonds. The maximum atomic E-state index is 14.9. The maximum absolute atomic E-state index is 14.9. The molecule has 49 heavy (non-hydrogen) atoms. The van der Waals surface area contributed by atoms with E-state index in [0.717, 1.165) is 0 Å². The van der Waals surface area contributed by atoms with Crippen LogP contribution in [0.3, 0.4) is 0 Å². The van der Waals surface area contributed by atoms with Gasteiger partial charge in [-0.05, 0) is 47.6 Å². The fraction of sp³-hybridized carbons (Fsp3) is 0.394. The van der Waals surface area contributed by atoms with Gasteiger partial charge in [0.1, 0.15) is 12.3 Å². The molecule has 2 aromatic heterocycles. The minimum Gasteiger partial charge on any atom is -0.447 e. The second-order valence-electron chi connectivity index (χ2n) is 13.7. The lowest BCUT2D eigenvalue weighted by Gasteiger charge is -2.41. The van der Waals surface area contributed by atoms with Crippen LogP contribution in [0.15, 0.2) is 72.2 Å². The Balaban J connectivity index is 1.38. The number of carbonyl (C=O) groups is 2. The van der Waals surface area contributed by atoms with Crippen molar-refractivity contribution in [3.63, 3.8) is 0 Å². The predicted molar refractivity (Wildman–Crippen MR) is 175 cm³/mol. The van der Waals surface area contributed by atoms with Crippen LogP contribution in [0.5, 0.6) is 0 Å². The molecule has 16 heteroatoms. The van der Waals surface area contributed by atoms with Gasteiger partial charge in [0.2, 0.25) is 0 Å². The summed E-state index contributed by atoms with van der Waals surface area (Å²) in [5.74, 6) is -0.563. The Labute approximate surface area is 285 Å². The van der Waals surface area contributed by atoms with E-state index < -0.39 is 41.2 Å². The molecule has 0 saturated carbocycles. The van der Waals surface area contributed by atoms with Crippen molar-refractivity contribution in [2.45, 2.75) is 57.9 Å². The number of rotatable bonds is 9. The minimum absolute atomic E-state index is 0.102. The number of nitrogens with zero attached hydrogens (tertiary/aromatic N) is 8. The summed E-state index contributed by atoms with van der Waals surface area (Å²) in [7, 11) is 0. The molecule has 1 fully saturated rings. The van der Waals surface area contributed by atoms with Gasteiger partial charge in [-0.2, -0.15) is 13.9 Å². The third-order valence-corrected chi connectivity index (χ3v) is 8.73. The lowest BCUT2D eigenvalue weighted by Crippen LogP contribution is -2.59. The van der Waals surface area contributed by atoms with E-state index in [1.165, 1.54) is 40.0 Å². The summed E-state index contributed by atoms with van der Waals surface area (Å²) in [5.41, 5.74) is 5.78. The van der Waals surface area contributed by atoms with Gasteiger partial charge < -0.3 is 15.4 Å². The number of carbonyl (C=O) groups excluding carboxylic acids is 2. The number of likely N-dealkylation sites (tertiary alicyclic amines) is 1. The molecule has 0 unspecified atom stereocenters. The Kier molecular flexibility index (Phi) is 8.67. The monoisotopic (exact) mass is 697 g/mol. The van der Waals surface area contributed by atoms with Crippen molar-refractivity contribution in [3.05, 3.63) is 83.4 Å². The van der Waals surface area contributed by atoms with Gasteiger partial charge >= 0.3 is 12.6 Å². The lowest BCUT2D eigenvalue weighted by atomic mass is 9.75. The predicted octanol–water partition coefficient (Wildman–Crippen LogP) is 5.89. The largest absolute Gasteiger partial charge is 0.447 e. The zero-order chi connectivity index (χ0) is 35.3. The Bertz CT molecular complexity index is 1880. The smallest absolute Gasteiger partial charge is 0.410 e. The van der Waals surface area contributed by atoms with Crippen LogP contribution in [-0.2, 0) is 15.1 Å². The second kappa shape index (κ2) is 12.5. The van der Waals surface area contributed by atoms with Crippen molar-refractivity contribution >= 4 is 29.6 Å². The van der Waals surface area contributed by atoms with E-state index in [9.17, 15) is 22.8 Å². The van der Waals surface area contributed by atoms with Crippen LogP contribution in [0.4, 0.5) is 18.0 Å². The van der Waals surface area contributed by atoms with Gasteiger partial charge in [-0.3, -0.25) is 9.69 Å². The molecule has 2 aromatic carbocycles. The zero-order valence-electron chi connectivity index (χ0n) is 27.2. The molecular weight excluding hydrogens is 663 g/mol. The number of ether oxygens (including phenoxy) is 1. The SMILES string of the molecule is CC(C)(C)C[C@]1(c2ccc(-c3cnn(C(F)F)c3)cc2)N=C(N)N([C@H](COC(=O)N2CC(C)(F)C2)c2ccc(Cl)c(-n3ccnn3)c2)C1=O. The Morgan fingerprint density at radius 2 is 1.84 bits per heavy atom. The highest BCUT2D eigenvalue weighted by molar-refractivity contribution is 6.32. The van der Waals surface area contributed by atoms with Crippen LogP contribution in [0, 0.1) is 5.41 Å². The van der Waals surface area contributed by atoms with Crippen molar-refractivity contribution in [1.82, 2.24) is 34.6 Å². The van der Waals surface area contributed by atoms with Gasteiger partial charge in [0.15, 0.2) is 11.5 Å². The van der Waals surface area contributed by atoms with Gasteiger partial charge in [0.05, 0.1) is 48.4 Å². The van der Waals surface area contributed by atoms with E-state index in [2.05, 4.69) is 15.4 Å². The van der Waals surface area contributed by atoms with Crippen molar-refractivity contribution in [3.8, 4) is 16.8 Å². The summed E-state index contributed by atoms with van der Waals surface area (Å²) in [6, 6.07) is 10.9. The summed E-state index contributed by atoms with van der Waals surface area (Å²) in [6.07, 6.45) is 5.18. The number of aliphatic imine (C=N–C) groups is 1. The van der Waals surface area contributed by atoms with Crippen molar-refractivity contribution < 1.29 is 27.5 Å². The summed E-state index contributed by atoms with van der Waals surface area (Å²) in [5, 5.41) is 11.9. The summed E-state index contributed by atoms with van der Waals surface area (Å²) in [6.45, 7) is 3.96. The normalized spacial score (nSPS) is 19.6. The molecule has 1 saturated heterocycles. The number of hydrogen-bond acceptors (Lipinski definition) is 8. The van der Waals surface area contributed by atoms with E-state index in [-0.39, 0.29) is 32.1 Å². The number of nitrogens with two attached hydrogens (primary N) is 1. The van der Waals surface area contributed by atoms with Gasteiger partial charge in [0, 0.05) is 11.8 Å². The molecule has 2 N–H and O–H groups in total. The quantitative estimate of drug-likeness (QED) is 0.230. The minimum atomic E-state index is -2.78. The number of alkyl halides is 3. The van der Waals surface area contributed by atoms with Crippen LogP contribution in [0.2, 0.25) is 5.02 Å². The Morgan fingerprint density at radius 3 is 2.43 bits per heavy atom. The van der Waals surface area contributed by atoms with Crippen molar-refractivity contribution in [2.24, 2.45) is 16.1 Å². The molecule has 0 bridgehead atoms.